The standard InChI is InChI=1S/C20H17FN2O2S/c1-13-6-7-17(14(2)10-13)18(24)12-26-19-20(25)23(9-8-22-19)16-5-3-4-15(21)11-16/h3-11H,12H2,1-2H3. The number of hydrogen-bond donors (Lipinski definition) is 0. The second-order valence-corrected chi connectivity index (χ2v) is 6.88. The molecule has 0 aliphatic heterocycles. The zero-order valence-corrected chi connectivity index (χ0v) is 15.2. The molecule has 26 heavy (non-hydrogen) atoms. The lowest BCUT2D eigenvalue weighted by Gasteiger charge is -2.08. The lowest BCUT2D eigenvalue weighted by Crippen LogP contribution is -2.21. The molecule has 0 saturated carbocycles. The zero-order chi connectivity index (χ0) is 18.7. The molecule has 3 rings (SSSR count). The predicted octanol–water partition coefficient (Wildman–Crippen LogP) is 3.96. The molecule has 3 aromatic rings. The smallest absolute Gasteiger partial charge is 0.287 e. The molecule has 0 spiro atoms. The van der Waals surface area contributed by atoms with Gasteiger partial charge in [0.2, 0.25) is 0 Å². The Morgan fingerprint density at radius 3 is 2.73 bits per heavy atom. The molecule has 1 heterocycles. The average molecular weight is 368 g/mol. The van der Waals surface area contributed by atoms with Gasteiger partial charge in [-0.1, -0.05) is 41.6 Å². The van der Waals surface area contributed by atoms with Gasteiger partial charge in [0, 0.05) is 18.0 Å². The average Bonchev–Trinajstić information content (AvgIpc) is 2.60. The fourth-order valence-corrected chi connectivity index (χ4v) is 3.44. The van der Waals surface area contributed by atoms with Crippen molar-refractivity contribution in [3.05, 3.63) is 87.7 Å². The van der Waals surface area contributed by atoms with Crippen LogP contribution in [-0.2, 0) is 0 Å². The Bertz CT molecular complexity index is 1030. The van der Waals surface area contributed by atoms with Crippen molar-refractivity contribution in [3.63, 3.8) is 0 Å². The Balaban J connectivity index is 1.82. The molecule has 0 aliphatic rings. The summed E-state index contributed by atoms with van der Waals surface area (Å²) in [6.07, 6.45) is 2.95. The number of halogens is 1. The van der Waals surface area contributed by atoms with E-state index < -0.39 is 5.82 Å². The molecule has 0 fully saturated rings. The Morgan fingerprint density at radius 1 is 1.19 bits per heavy atom. The number of nitrogens with zero attached hydrogens (tertiary/aromatic N) is 2. The van der Waals surface area contributed by atoms with Gasteiger partial charge in [0.1, 0.15) is 5.82 Å². The SMILES string of the molecule is Cc1ccc(C(=O)CSc2nccn(-c3cccc(F)c3)c2=O)c(C)c1. The molecule has 0 saturated heterocycles. The van der Waals surface area contributed by atoms with Gasteiger partial charge in [-0.05, 0) is 37.6 Å². The van der Waals surface area contributed by atoms with Crippen molar-refractivity contribution in [2.75, 3.05) is 5.75 Å². The number of carbonyl (C=O) groups is 1. The van der Waals surface area contributed by atoms with Crippen molar-refractivity contribution in [1.29, 1.82) is 0 Å². The van der Waals surface area contributed by atoms with Crippen LogP contribution in [-0.4, -0.2) is 21.1 Å². The van der Waals surface area contributed by atoms with E-state index in [0.29, 0.717) is 11.3 Å². The van der Waals surface area contributed by atoms with Crippen LogP contribution >= 0.6 is 11.8 Å². The van der Waals surface area contributed by atoms with Crippen molar-refractivity contribution >= 4 is 17.5 Å². The summed E-state index contributed by atoms with van der Waals surface area (Å²) in [6.45, 7) is 3.86. The first kappa shape index (κ1) is 18.1. The first-order chi connectivity index (χ1) is 12.5. The lowest BCUT2D eigenvalue weighted by molar-refractivity contribution is 0.102. The predicted molar refractivity (Wildman–Crippen MR) is 101 cm³/mol. The van der Waals surface area contributed by atoms with E-state index in [0.717, 1.165) is 22.9 Å². The van der Waals surface area contributed by atoms with Gasteiger partial charge in [0.25, 0.3) is 5.56 Å². The van der Waals surface area contributed by atoms with E-state index in [1.54, 1.807) is 12.1 Å². The molecule has 0 aliphatic carbocycles. The van der Waals surface area contributed by atoms with Gasteiger partial charge in [-0.3, -0.25) is 14.2 Å². The summed E-state index contributed by atoms with van der Waals surface area (Å²) in [6, 6.07) is 11.4. The molecule has 132 valence electrons. The Hall–Kier alpha value is -2.73. The summed E-state index contributed by atoms with van der Waals surface area (Å²) in [5, 5.41) is 0.204. The van der Waals surface area contributed by atoms with Crippen molar-refractivity contribution in [1.82, 2.24) is 9.55 Å². The van der Waals surface area contributed by atoms with Crippen LogP contribution < -0.4 is 5.56 Å². The van der Waals surface area contributed by atoms with Crippen LogP contribution in [0, 0.1) is 19.7 Å². The van der Waals surface area contributed by atoms with Gasteiger partial charge in [0.15, 0.2) is 10.8 Å². The third-order valence-electron chi connectivity index (χ3n) is 3.92. The normalized spacial score (nSPS) is 10.7. The van der Waals surface area contributed by atoms with Crippen LogP contribution in [0.3, 0.4) is 0 Å². The molecule has 0 N–H and O–H groups in total. The minimum atomic E-state index is -0.426. The van der Waals surface area contributed by atoms with Crippen LogP contribution in [0.5, 0.6) is 0 Å². The lowest BCUT2D eigenvalue weighted by atomic mass is 10.0. The number of carbonyl (C=O) groups excluding carboxylic acids is 1. The van der Waals surface area contributed by atoms with Gasteiger partial charge >= 0.3 is 0 Å². The first-order valence-corrected chi connectivity index (χ1v) is 9.01. The van der Waals surface area contributed by atoms with Gasteiger partial charge in [-0.15, -0.1) is 0 Å². The summed E-state index contributed by atoms with van der Waals surface area (Å²) in [4.78, 5) is 29.1. The van der Waals surface area contributed by atoms with Crippen LogP contribution in [0.25, 0.3) is 5.69 Å². The third-order valence-corrected chi connectivity index (χ3v) is 4.88. The first-order valence-electron chi connectivity index (χ1n) is 8.02. The quantitative estimate of drug-likeness (QED) is 0.505. The second-order valence-electron chi connectivity index (χ2n) is 5.92. The highest BCUT2D eigenvalue weighted by Crippen LogP contribution is 2.17. The summed E-state index contributed by atoms with van der Waals surface area (Å²) < 4.78 is 14.7. The molecule has 0 bridgehead atoms. The summed E-state index contributed by atoms with van der Waals surface area (Å²) >= 11 is 1.09. The van der Waals surface area contributed by atoms with Crippen LogP contribution in [0.1, 0.15) is 21.5 Å². The van der Waals surface area contributed by atoms with Gasteiger partial charge in [-0.25, -0.2) is 9.37 Å². The number of rotatable bonds is 5. The molecule has 0 atom stereocenters. The zero-order valence-electron chi connectivity index (χ0n) is 14.4. The number of Topliss-reactive ketones (excluding diaryl/α,β-unsaturated/α-hetero) is 1. The highest BCUT2D eigenvalue weighted by molar-refractivity contribution is 7.99. The maximum Gasteiger partial charge on any atom is 0.287 e. The summed E-state index contributed by atoms with van der Waals surface area (Å²) in [5.74, 6) is -0.375. The number of hydrogen-bond acceptors (Lipinski definition) is 4. The molecular formula is C20H17FN2O2S. The van der Waals surface area contributed by atoms with E-state index in [1.165, 1.54) is 35.2 Å². The van der Waals surface area contributed by atoms with E-state index in [4.69, 9.17) is 0 Å². The number of aryl methyl sites for hydroxylation is 2. The maximum absolute atomic E-state index is 13.4. The molecule has 0 unspecified atom stereocenters. The Morgan fingerprint density at radius 2 is 2.00 bits per heavy atom. The molecule has 6 heteroatoms. The minimum Gasteiger partial charge on any atom is -0.293 e. The van der Waals surface area contributed by atoms with Crippen molar-refractivity contribution in [2.24, 2.45) is 0 Å². The number of aromatic nitrogens is 2. The summed E-state index contributed by atoms with van der Waals surface area (Å²) in [5.41, 5.74) is 2.68. The molecule has 2 aromatic carbocycles. The summed E-state index contributed by atoms with van der Waals surface area (Å²) in [7, 11) is 0. The van der Waals surface area contributed by atoms with Crippen LogP contribution in [0.2, 0.25) is 0 Å². The highest BCUT2D eigenvalue weighted by atomic mass is 32.2. The molecular weight excluding hydrogens is 351 g/mol. The molecule has 1 aromatic heterocycles. The van der Waals surface area contributed by atoms with Gasteiger partial charge in [-0.2, -0.15) is 0 Å². The van der Waals surface area contributed by atoms with Crippen molar-refractivity contribution in [2.45, 2.75) is 18.9 Å². The van der Waals surface area contributed by atoms with Crippen LogP contribution in [0.4, 0.5) is 4.39 Å². The Kier molecular flexibility index (Phi) is 5.32. The van der Waals surface area contributed by atoms with Gasteiger partial charge in [0.05, 0.1) is 11.4 Å². The second kappa shape index (κ2) is 7.66. The van der Waals surface area contributed by atoms with Gasteiger partial charge < -0.3 is 0 Å². The van der Waals surface area contributed by atoms with Crippen molar-refractivity contribution < 1.29 is 9.18 Å². The number of ketones is 1. The molecule has 4 nitrogen and oxygen atoms in total. The van der Waals surface area contributed by atoms with E-state index >= 15 is 0 Å². The van der Waals surface area contributed by atoms with E-state index in [9.17, 15) is 14.0 Å². The largest absolute Gasteiger partial charge is 0.293 e. The highest BCUT2D eigenvalue weighted by Gasteiger charge is 2.13. The van der Waals surface area contributed by atoms with E-state index in [1.807, 2.05) is 26.0 Å². The third kappa shape index (κ3) is 3.91. The van der Waals surface area contributed by atoms with E-state index in [-0.39, 0.29) is 22.1 Å². The molecule has 0 radical (unpaired) electrons. The Labute approximate surface area is 154 Å². The van der Waals surface area contributed by atoms with E-state index in [2.05, 4.69) is 4.98 Å². The molecule has 0 amide bonds. The number of thioether (sulfide) groups is 1. The number of benzene rings is 2. The fraction of sp³-hybridized carbons (Fsp3) is 0.150. The minimum absolute atomic E-state index is 0.0603. The maximum atomic E-state index is 13.4. The topological polar surface area (TPSA) is 52.0 Å². The van der Waals surface area contributed by atoms with Crippen molar-refractivity contribution in [3.8, 4) is 5.69 Å². The monoisotopic (exact) mass is 368 g/mol. The van der Waals surface area contributed by atoms with Crippen LogP contribution in [0.15, 0.2) is 64.7 Å². The fourth-order valence-electron chi connectivity index (χ4n) is 2.66.